The number of carbonyl (C=O) groups excluding carboxylic acids is 1. The molecule has 0 aromatic carbocycles. The van der Waals surface area contributed by atoms with Gasteiger partial charge in [0.15, 0.2) is 0 Å². The summed E-state index contributed by atoms with van der Waals surface area (Å²) in [6, 6.07) is 0.785. The van der Waals surface area contributed by atoms with Gasteiger partial charge in [-0.3, -0.25) is 15.0 Å². The van der Waals surface area contributed by atoms with Crippen LogP contribution in [0.4, 0.5) is 0 Å². The van der Waals surface area contributed by atoms with Crippen LogP contribution in [-0.2, 0) is 4.79 Å². The average Bonchev–Trinajstić information content (AvgIpc) is 3.65. The van der Waals surface area contributed by atoms with Crippen LogP contribution < -0.4 is 37.4 Å². The van der Waals surface area contributed by atoms with Crippen molar-refractivity contribution in [3.8, 4) is 0 Å². The van der Waals surface area contributed by atoms with Gasteiger partial charge >= 0.3 is 0 Å². The summed E-state index contributed by atoms with van der Waals surface area (Å²) >= 11 is 0. The number of likely N-dealkylation sites (tertiary alicyclic amines) is 1. The van der Waals surface area contributed by atoms with Crippen molar-refractivity contribution in [2.75, 3.05) is 72.2 Å². The second-order valence-electron chi connectivity index (χ2n) is 13.0. The Hall–Kier alpha value is -0.890. The monoisotopic (exact) mass is 563 g/mol. The van der Waals surface area contributed by atoms with Crippen molar-refractivity contribution in [1.82, 2.24) is 47.2 Å². The van der Waals surface area contributed by atoms with Crippen molar-refractivity contribution >= 4 is 5.91 Å². The predicted molar refractivity (Wildman–Crippen MR) is 158 cm³/mol. The standard InChI is InChI=1S/C29H57N9O2/c1-2-22-15-30-9-6-24(22)16-33-29(40)23-4-3-5-25(14-23)32-17-27-35-36-28(26-7-10-31-20-34-26)38(27)13-12-37-11-8-21(18-37)19-39/h21-28,30-32,34-36,39H,2-20H2,1H3,(H,33,40)/t21-,22?,23?,24?,25?,26?,27?,28?/m0/s1. The van der Waals surface area contributed by atoms with Crippen molar-refractivity contribution in [1.29, 1.82) is 0 Å². The second kappa shape index (κ2) is 15.5. The van der Waals surface area contributed by atoms with E-state index in [-0.39, 0.29) is 24.2 Å². The third-order valence-corrected chi connectivity index (χ3v) is 10.4. The van der Waals surface area contributed by atoms with E-state index in [0.29, 0.717) is 36.4 Å². The number of aliphatic hydroxyl groups is 1. The van der Waals surface area contributed by atoms with Crippen molar-refractivity contribution in [3.63, 3.8) is 0 Å². The van der Waals surface area contributed by atoms with Crippen LogP contribution in [0.2, 0.25) is 0 Å². The fourth-order valence-electron chi connectivity index (χ4n) is 7.77. The van der Waals surface area contributed by atoms with E-state index in [9.17, 15) is 9.90 Å². The van der Waals surface area contributed by atoms with E-state index in [0.717, 1.165) is 104 Å². The Bertz CT molecular complexity index is 770. The number of rotatable bonds is 12. The number of hydrogen-bond acceptors (Lipinski definition) is 10. The summed E-state index contributed by atoms with van der Waals surface area (Å²) in [5, 5.41) is 27.3. The van der Waals surface area contributed by atoms with E-state index in [1.54, 1.807) is 0 Å². The number of aliphatic hydroxyl groups excluding tert-OH is 1. The number of piperidine rings is 1. The molecule has 5 rings (SSSR count). The zero-order valence-corrected chi connectivity index (χ0v) is 24.8. The Morgan fingerprint density at radius 1 is 1.00 bits per heavy atom. The van der Waals surface area contributed by atoms with Crippen LogP contribution >= 0.6 is 0 Å². The highest BCUT2D eigenvalue weighted by Crippen LogP contribution is 2.26. The molecule has 1 aliphatic carbocycles. The molecule has 5 fully saturated rings. The SMILES string of the molecule is CCC1CNCCC1CNC(=O)C1CCCC(NCC2NNC(C3CCNCN3)N2CCN2CC[C@H](CO)C2)C1. The normalized spacial score (nSPS) is 38.0. The van der Waals surface area contributed by atoms with Crippen molar-refractivity contribution in [2.24, 2.45) is 23.7 Å². The van der Waals surface area contributed by atoms with E-state index in [2.05, 4.69) is 54.2 Å². The summed E-state index contributed by atoms with van der Waals surface area (Å²) in [5.74, 6) is 2.11. The van der Waals surface area contributed by atoms with Gasteiger partial charge in [-0.15, -0.1) is 0 Å². The lowest BCUT2D eigenvalue weighted by Gasteiger charge is -2.37. The van der Waals surface area contributed by atoms with Crippen LogP contribution in [0.25, 0.3) is 0 Å². The molecule has 1 amide bonds. The van der Waals surface area contributed by atoms with Gasteiger partial charge in [0, 0.05) is 64.0 Å². The molecule has 0 bridgehead atoms. The largest absolute Gasteiger partial charge is 0.396 e. The van der Waals surface area contributed by atoms with Gasteiger partial charge in [-0.2, -0.15) is 0 Å². The van der Waals surface area contributed by atoms with Gasteiger partial charge < -0.3 is 31.3 Å². The number of amides is 1. The second-order valence-corrected chi connectivity index (χ2v) is 13.0. The lowest BCUT2D eigenvalue weighted by molar-refractivity contribution is -0.126. The molecule has 5 aliphatic rings. The van der Waals surface area contributed by atoms with E-state index in [4.69, 9.17) is 0 Å². The summed E-state index contributed by atoms with van der Waals surface area (Å²) < 4.78 is 0. The van der Waals surface area contributed by atoms with Crippen LogP contribution in [0.1, 0.15) is 58.3 Å². The first kappa shape index (κ1) is 30.6. The number of carbonyl (C=O) groups is 1. The smallest absolute Gasteiger partial charge is 0.223 e. The van der Waals surface area contributed by atoms with Gasteiger partial charge in [0.1, 0.15) is 0 Å². The molecule has 0 aromatic rings. The fourth-order valence-corrected chi connectivity index (χ4v) is 7.77. The van der Waals surface area contributed by atoms with E-state index < -0.39 is 0 Å². The number of hydrazine groups is 1. The van der Waals surface area contributed by atoms with Gasteiger partial charge in [-0.1, -0.05) is 19.8 Å². The highest BCUT2D eigenvalue weighted by Gasteiger charge is 2.39. The maximum absolute atomic E-state index is 13.2. The lowest BCUT2D eigenvalue weighted by Crippen LogP contribution is -2.59. The highest BCUT2D eigenvalue weighted by atomic mass is 16.3. The highest BCUT2D eigenvalue weighted by molar-refractivity contribution is 5.78. The van der Waals surface area contributed by atoms with Crippen LogP contribution in [0, 0.1) is 23.7 Å². The molecule has 7 unspecified atom stereocenters. The molecule has 4 saturated heterocycles. The minimum Gasteiger partial charge on any atom is -0.396 e. The Balaban J connectivity index is 1.10. The Morgan fingerprint density at radius 3 is 2.70 bits per heavy atom. The molecular formula is C29H57N9O2. The number of nitrogens with one attached hydrogen (secondary N) is 7. The van der Waals surface area contributed by atoms with E-state index in [1.807, 2.05) is 0 Å². The minimum atomic E-state index is 0.125. The lowest BCUT2D eigenvalue weighted by atomic mass is 9.83. The molecule has 230 valence electrons. The Labute approximate surface area is 241 Å². The van der Waals surface area contributed by atoms with Crippen molar-refractivity contribution in [2.45, 2.75) is 82.7 Å². The molecule has 0 aromatic heterocycles. The predicted octanol–water partition coefficient (Wildman–Crippen LogP) is -0.828. The summed E-state index contributed by atoms with van der Waals surface area (Å²) in [5.41, 5.74) is 7.21. The minimum absolute atomic E-state index is 0.125. The molecule has 0 radical (unpaired) electrons. The Morgan fingerprint density at radius 2 is 1.90 bits per heavy atom. The molecule has 4 aliphatic heterocycles. The van der Waals surface area contributed by atoms with E-state index in [1.165, 1.54) is 12.8 Å². The molecule has 8 atom stereocenters. The molecule has 0 spiro atoms. The van der Waals surface area contributed by atoms with Gasteiger partial charge in [0.25, 0.3) is 0 Å². The first-order chi connectivity index (χ1) is 19.6. The van der Waals surface area contributed by atoms with Crippen LogP contribution in [0.3, 0.4) is 0 Å². The van der Waals surface area contributed by atoms with Gasteiger partial charge in [0.2, 0.25) is 5.91 Å². The topological polar surface area (TPSA) is 128 Å². The summed E-state index contributed by atoms with van der Waals surface area (Å²) in [4.78, 5) is 18.3. The fraction of sp³-hybridized carbons (Fsp3) is 0.966. The third kappa shape index (κ3) is 8.14. The number of hydrogen-bond donors (Lipinski definition) is 8. The molecule has 1 saturated carbocycles. The van der Waals surface area contributed by atoms with Gasteiger partial charge in [-0.05, 0) is 82.5 Å². The summed E-state index contributed by atoms with van der Waals surface area (Å²) in [6.45, 7) is 12.4. The van der Waals surface area contributed by atoms with Gasteiger partial charge in [-0.25, -0.2) is 10.9 Å². The van der Waals surface area contributed by atoms with Crippen LogP contribution in [-0.4, -0.2) is 117 Å². The molecular weight excluding hydrogens is 506 g/mol. The molecule has 11 nitrogen and oxygen atoms in total. The first-order valence-corrected chi connectivity index (χ1v) is 16.4. The van der Waals surface area contributed by atoms with Gasteiger partial charge in [0.05, 0.1) is 12.3 Å². The number of nitrogens with zero attached hydrogens (tertiary/aromatic N) is 2. The maximum atomic E-state index is 13.2. The summed E-state index contributed by atoms with van der Waals surface area (Å²) in [6.07, 6.45) is 9.21. The maximum Gasteiger partial charge on any atom is 0.223 e. The molecule has 11 heteroatoms. The average molecular weight is 564 g/mol. The first-order valence-electron chi connectivity index (χ1n) is 16.4. The zero-order chi connectivity index (χ0) is 27.7. The summed E-state index contributed by atoms with van der Waals surface area (Å²) in [7, 11) is 0. The molecule has 8 N–H and O–H groups in total. The molecule has 4 heterocycles. The third-order valence-electron chi connectivity index (χ3n) is 10.4. The molecule has 40 heavy (non-hydrogen) atoms. The Kier molecular flexibility index (Phi) is 11.9. The van der Waals surface area contributed by atoms with Crippen molar-refractivity contribution in [3.05, 3.63) is 0 Å². The zero-order valence-electron chi connectivity index (χ0n) is 24.8. The quantitative estimate of drug-likeness (QED) is 0.152. The van der Waals surface area contributed by atoms with Crippen molar-refractivity contribution < 1.29 is 9.90 Å². The van der Waals surface area contributed by atoms with E-state index >= 15 is 0 Å². The van der Waals surface area contributed by atoms with Crippen LogP contribution in [0.5, 0.6) is 0 Å². The van der Waals surface area contributed by atoms with Crippen LogP contribution in [0.15, 0.2) is 0 Å².